The molecule has 0 unspecified atom stereocenters. The number of nitrogens with zero attached hydrogens (tertiary/aromatic N) is 3. The molecule has 0 aliphatic carbocycles. The molecule has 1 fully saturated rings. The zero-order chi connectivity index (χ0) is 18.6. The van der Waals surface area contributed by atoms with E-state index in [-0.39, 0.29) is 11.8 Å². The molecule has 0 N–H and O–H groups in total. The van der Waals surface area contributed by atoms with Crippen LogP contribution in [-0.4, -0.2) is 34.0 Å². The maximum absolute atomic E-state index is 12.4. The Hall–Kier alpha value is -2.25. The summed E-state index contributed by atoms with van der Waals surface area (Å²) in [4.78, 5) is 18.8. The number of aromatic nitrogens is 2. The first kappa shape index (κ1) is 18.1. The fourth-order valence-corrected chi connectivity index (χ4v) is 4.28. The Morgan fingerprint density at radius 2 is 2.04 bits per heavy atom. The van der Waals surface area contributed by atoms with Crippen molar-refractivity contribution >= 4 is 39.2 Å². The Kier molecular flexibility index (Phi) is 5.50. The third-order valence-electron chi connectivity index (χ3n) is 4.64. The van der Waals surface area contributed by atoms with Crippen LogP contribution in [0.25, 0.3) is 17.5 Å². The van der Waals surface area contributed by atoms with Gasteiger partial charge in [0.05, 0.1) is 3.79 Å². The van der Waals surface area contributed by atoms with E-state index in [1.165, 1.54) is 0 Å². The molecule has 4 rings (SSSR count). The summed E-state index contributed by atoms with van der Waals surface area (Å²) in [6.45, 7) is 1.40. The van der Waals surface area contributed by atoms with Crippen molar-refractivity contribution in [2.75, 3.05) is 13.1 Å². The van der Waals surface area contributed by atoms with Crippen LogP contribution < -0.4 is 0 Å². The third kappa shape index (κ3) is 4.36. The number of halogens is 1. The summed E-state index contributed by atoms with van der Waals surface area (Å²) in [5, 5.41) is 6.11. The number of likely N-dealkylation sites (tertiary alicyclic amines) is 1. The molecule has 0 saturated carbocycles. The first-order valence-corrected chi connectivity index (χ1v) is 10.5. The van der Waals surface area contributed by atoms with Gasteiger partial charge in [0.15, 0.2) is 0 Å². The average Bonchev–Trinajstić information content (AvgIpc) is 3.36. The lowest BCUT2D eigenvalue weighted by atomic mass is 9.96. The molecule has 27 heavy (non-hydrogen) atoms. The van der Waals surface area contributed by atoms with Crippen molar-refractivity contribution in [1.82, 2.24) is 15.0 Å². The van der Waals surface area contributed by atoms with Crippen LogP contribution in [-0.2, 0) is 4.79 Å². The molecule has 3 heterocycles. The number of thiophene rings is 1. The highest BCUT2D eigenvalue weighted by Gasteiger charge is 2.26. The van der Waals surface area contributed by atoms with Crippen LogP contribution in [0.3, 0.4) is 0 Å². The van der Waals surface area contributed by atoms with Gasteiger partial charge in [0, 0.05) is 30.6 Å². The Morgan fingerprint density at radius 3 is 2.74 bits per heavy atom. The first-order valence-electron chi connectivity index (χ1n) is 8.79. The van der Waals surface area contributed by atoms with Crippen molar-refractivity contribution in [3.8, 4) is 11.4 Å². The van der Waals surface area contributed by atoms with E-state index in [0.29, 0.717) is 24.8 Å². The fourth-order valence-electron chi connectivity index (χ4n) is 3.14. The number of hydrogen-bond acceptors (Lipinski definition) is 5. The van der Waals surface area contributed by atoms with Gasteiger partial charge in [0.2, 0.25) is 17.6 Å². The van der Waals surface area contributed by atoms with E-state index >= 15 is 0 Å². The number of carbonyl (C=O) groups excluding carboxylic acids is 1. The summed E-state index contributed by atoms with van der Waals surface area (Å²) in [7, 11) is 0. The highest BCUT2D eigenvalue weighted by Crippen LogP contribution is 2.29. The van der Waals surface area contributed by atoms with E-state index < -0.39 is 0 Å². The van der Waals surface area contributed by atoms with Gasteiger partial charge in [-0.2, -0.15) is 4.98 Å². The largest absolute Gasteiger partial charge is 0.339 e. The monoisotopic (exact) mass is 443 g/mol. The van der Waals surface area contributed by atoms with Crippen molar-refractivity contribution in [2.24, 2.45) is 0 Å². The SMILES string of the molecule is O=C(/C=C/c1csc(Br)c1)N1CCC(c2nc(-c3ccccc3)no2)CC1. The maximum Gasteiger partial charge on any atom is 0.246 e. The van der Waals surface area contributed by atoms with E-state index in [0.717, 1.165) is 27.8 Å². The van der Waals surface area contributed by atoms with Crippen LogP contribution in [0, 0.1) is 0 Å². The molecule has 2 aromatic heterocycles. The maximum atomic E-state index is 12.4. The summed E-state index contributed by atoms with van der Waals surface area (Å²) in [6, 6.07) is 11.8. The number of hydrogen-bond donors (Lipinski definition) is 0. The summed E-state index contributed by atoms with van der Waals surface area (Å²) in [5.41, 5.74) is 1.99. The minimum atomic E-state index is 0.0475. The van der Waals surface area contributed by atoms with Gasteiger partial charge in [0.25, 0.3) is 0 Å². The lowest BCUT2D eigenvalue weighted by molar-refractivity contribution is -0.127. The van der Waals surface area contributed by atoms with Gasteiger partial charge >= 0.3 is 0 Å². The second kappa shape index (κ2) is 8.19. The van der Waals surface area contributed by atoms with Gasteiger partial charge in [-0.05, 0) is 51.9 Å². The van der Waals surface area contributed by atoms with Gasteiger partial charge in [-0.25, -0.2) is 0 Å². The lowest BCUT2D eigenvalue weighted by Gasteiger charge is -2.29. The third-order valence-corrected chi connectivity index (χ3v) is 6.16. The highest BCUT2D eigenvalue weighted by atomic mass is 79.9. The molecule has 1 aliphatic heterocycles. The minimum absolute atomic E-state index is 0.0475. The van der Waals surface area contributed by atoms with E-state index in [9.17, 15) is 4.79 Å². The van der Waals surface area contributed by atoms with Crippen LogP contribution in [0.4, 0.5) is 0 Å². The Morgan fingerprint density at radius 1 is 1.26 bits per heavy atom. The number of rotatable bonds is 4. The van der Waals surface area contributed by atoms with E-state index in [1.54, 1.807) is 17.4 Å². The summed E-state index contributed by atoms with van der Waals surface area (Å²) < 4.78 is 6.54. The summed E-state index contributed by atoms with van der Waals surface area (Å²) in [6.07, 6.45) is 5.18. The Labute approximate surface area is 169 Å². The van der Waals surface area contributed by atoms with Crippen molar-refractivity contribution in [3.63, 3.8) is 0 Å². The summed E-state index contributed by atoms with van der Waals surface area (Å²) >= 11 is 5.04. The standard InChI is InChI=1S/C20H18BrN3O2S/c21-17-12-14(13-27-17)6-7-18(25)24-10-8-16(9-11-24)20-22-19(23-26-20)15-4-2-1-3-5-15/h1-7,12-13,16H,8-11H2/b7-6+. The van der Waals surface area contributed by atoms with Crippen molar-refractivity contribution in [1.29, 1.82) is 0 Å². The molecule has 0 spiro atoms. The van der Waals surface area contributed by atoms with Crippen molar-refractivity contribution < 1.29 is 9.32 Å². The average molecular weight is 444 g/mol. The van der Waals surface area contributed by atoms with Gasteiger partial charge in [-0.15, -0.1) is 11.3 Å². The van der Waals surface area contributed by atoms with Crippen molar-refractivity contribution in [2.45, 2.75) is 18.8 Å². The predicted molar refractivity (Wildman–Crippen MR) is 109 cm³/mol. The van der Waals surface area contributed by atoms with Crippen LogP contribution in [0.5, 0.6) is 0 Å². The Balaban J connectivity index is 1.34. The molecular formula is C20H18BrN3O2S. The second-order valence-corrected chi connectivity index (χ2v) is 8.73. The van der Waals surface area contributed by atoms with Gasteiger partial charge in [-0.3, -0.25) is 4.79 Å². The molecule has 138 valence electrons. The molecule has 0 radical (unpaired) electrons. The van der Waals surface area contributed by atoms with Gasteiger partial charge < -0.3 is 9.42 Å². The van der Waals surface area contributed by atoms with Crippen LogP contribution in [0.15, 0.2) is 56.2 Å². The number of amides is 1. The molecule has 1 aromatic carbocycles. The number of carbonyl (C=O) groups is 1. The number of benzene rings is 1. The summed E-state index contributed by atoms with van der Waals surface area (Å²) in [5.74, 6) is 1.54. The normalized spacial score (nSPS) is 15.5. The molecule has 1 amide bonds. The zero-order valence-corrected chi connectivity index (χ0v) is 16.9. The second-order valence-electron chi connectivity index (χ2n) is 6.44. The highest BCUT2D eigenvalue weighted by molar-refractivity contribution is 9.11. The lowest BCUT2D eigenvalue weighted by Crippen LogP contribution is -2.36. The smallest absolute Gasteiger partial charge is 0.246 e. The molecule has 0 bridgehead atoms. The molecular weight excluding hydrogens is 426 g/mol. The van der Waals surface area contributed by atoms with E-state index in [2.05, 4.69) is 26.1 Å². The van der Waals surface area contributed by atoms with E-state index in [1.807, 2.05) is 52.8 Å². The minimum Gasteiger partial charge on any atom is -0.339 e. The Bertz CT molecular complexity index is 943. The van der Waals surface area contributed by atoms with E-state index in [4.69, 9.17) is 4.52 Å². The van der Waals surface area contributed by atoms with Crippen molar-refractivity contribution in [3.05, 3.63) is 63.1 Å². The first-order chi connectivity index (χ1) is 13.2. The molecule has 0 atom stereocenters. The van der Waals surface area contributed by atoms with Crippen LogP contribution in [0.1, 0.15) is 30.2 Å². The zero-order valence-electron chi connectivity index (χ0n) is 14.5. The number of piperidine rings is 1. The van der Waals surface area contributed by atoms with Gasteiger partial charge in [0.1, 0.15) is 0 Å². The van der Waals surface area contributed by atoms with Crippen LogP contribution in [0.2, 0.25) is 0 Å². The topological polar surface area (TPSA) is 59.2 Å². The van der Waals surface area contributed by atoms with Gasteiger partial charge in [-0.1, -0.05) is 35.5 Å². The fraction of sp³-hybridized carbons (Fsp3) is 0.250. The molecule has 7 heteroatoms. The molecule has 1 saturated heterocycles. The molecule has 3 aromatic rings. The quantitative estimate of drug-likeness (QED) is 0.533. The van der Waals surface area contributed by atoms with Crippen LogP contribution >= 0.6 is 27.3 Å². The molecule has 5 nitrogen and oxygen atoms in total. The predicted octanol–water partition coefficient (Wildman–Crippen LogP) is 4.98. The molecule has 1 aliphatic rings.